The second-order valence-corrected chi connectivity index (χ2v) is 21.6. The zero-order valence-electron chi connectivity index (χ0n) is 33.0. The van der Waals surface area contributed by atoms with Crippen molar-refractivity contribution in [3.63, 3.8) is 0 Å². The van der Waals surface area contributed by atoms with Crippen LogP contribution in [-0.2, 0) is 47.4 Å². The Balaban J connectivity index is 0.000000218. The average molecular weight is 795 g/mol. The van der Waals surface area contributed by atoms with Crippen molar-refractivity contribution in [2.24, 2.45) is 0 Å². The van der Waals surface area contributed by atoms with Gasteiger partial charge in [0.1, 0.15) is 20.8 Å². The first-order valence-corrected chi connectivity index (χ1v) is 22.1. The number of benzene rings is 6. The van der Waals surface area contributed by atoms with Crippen molar-refractivity contribution in [1.82, 2.24) is 0 Å². The summed E-state index contributed by atoms with van der Waals surface area (Å²) in [6, 6.07) is 43.7. The van der Waals surface area contributed by atoms with Crippen LogP contribution in [0.3, 0.4) is 0 Å². The molecule has 6 aromatic rings. The lowest BCUT2D eigenvalue weighted by atomic mass is 9.87. The molecule has 0 saturated carbocycles. The summed E-state index contributed by atoms with van der Waals surface area (Å²) in [7, 11) is -8.63. The van der Waals surface area contributed by atoms with Gasteiger partial charge in [0.15, 0.2) is 14.7 Å². The minimum absolute atomic E-state index is 0.0258. The van der Waals surface area contributed by atoms with Crippen molar-refractivity contribution in [3.05, 3.63) is 156 Å². The van der Waals surface area contributed by atoms with Gasteiger partial charge in [0.2, 0.25) is 0 Å². The fourth-order valence-electron chi connectivity index (χ4n) is 5.85. The highest BCUT2D eigenvalue weighted by Gasteiger charge is 2.30. The first-order valence-electron chi connectivity index (χ1n) is 18.1. The van der Waals surface area contributed by atoms with E-state index in [1.807, 2.05) is 0 Å². The van der Waals surface area contributed by atoms with E-state index >= 15 is 0 Å². The Morgan fingerprint density at radius 1 is 0.455 bits per heavy atom. The van der Waals surface area contributed by atoms with Crippen LogP contribution in [0.1, 0.15) is 79.0 Å². The quantitative estimate of drug-likeness (QED) is 0.0906. The van der Waals surface area contributed by atoms with Crippen LogP contribution in [0, 0.1) is 0 Å². The van der Waals surface area contributed by atoms with E-state index in [-0.39, 0.29) is 42.7 Å². The highest BCUT2D eigenvalue weighted by atomic mass is 32.2. The van der Waals surface area contributed by atoms with Crippen LogP contribution in [0.4, 0.5) is 0 Å². The van der Waals surface area contributed by atoms with Crippen molar-refractivity contribution >= 4 is 41.9 Å². The minimum atomic E-state index is -4.55. The van der Waals surface area contributed by atoms with Gasteiger partial charge < -0.3 is 8.74 Å². The van der Waals surface area contributed by atoms with Crippen LogP contribution in [0.5, 0.6) is 5.75 Å². The van der Waals surface area contributed by atoms with E-state index < -0.39 is 20.2 Å². The van der Waals surface area contributed by atoms with Crippen LogP contribution >= 0.6 is 0 Å². The Morgan fingerprint density at radius 2 is 0.836 bits per heavy atom. The number of rotatable bonds is 7. The standard InChI is InChI=1S/C30H39S.C16H12O6S2/c1-28(2,3)22-10-16-25(17-11-22)31(26-18-12-23(13-19-26)29(4,5)6)27-20-14-24(15-21-27)30(7,8)9;17-23(18,19)16-9-7-12-10-14(8-6-13(12)11-16)22-24(20,21)15-4-2-1-3-5-15/h10-21H,1-9H3;1-11H,(H,17,18,19)/q+1;/p-1. The SMILES string of the molecule is CC(C)(C)c1ccc([S+](c2ccc(C(C)(C)C)cc2)c2ccc(C(C)(C)C)cc2)cc1.O=S(=O)([O-])c1ccc2cc(OS(=O)(=O)c3ccccc3)ccc2c1. The largest absolute Gasteiger partial charge is 0.744 e. The third kappa shape index (κ3) is 10.7. The second-order valence-electron chi connectivity index (χ2n) is 16.6. The summed E-state index contributed by atoms with van der Waals surface area (Å²) in [5.74, 6) is 0.0871. The van der Waals surface area contributed by atoms with Crippen LogP contribution in [0.15, 0.2) is 164 Å². The van der Waals surface area contributed by atoms with Gasteiger partial charge in [0, 0.05) is 0 Å². The zero-order chi connectivity index (χ0) is 40.4. The molecule has 0 bridgehead atoms. The summed E-state index contributed by atoms with van der Waals surface area (Å²) < 4.78 is 62.5. The van der Waals surface area contributed by atoms with Crippen LogP contribution < -0.4 is 4.18 Å². The molecule has 0 heterocycles. The van der Waals surface area contributed by atoms with Gasteiger partial charge in [-0.05, 0) is 117 Å². The molecule has 0 aliphatic heterocycles. The Kier molecular flexibility index (Phi) is 12.1. The Labute approximate surface area is 330 Å². The van der Waals surface area contributed by atoms with Crippen molar-refractivity contribution in [3.8, 4) is 5.75 Å². The predicted octanol–water partition coefficient (Wildman–Crippen LogP) is 11.2. The molecular weight excluding hydrogens is 745 g/mol. The monoisotopic (exact) mass is 794 g/mol. The van der Waals surface area contributed by atoms with E-state index in [1.165, 1.54) is 79.9 Å². The zero-order valence-corrected chi connectivity index (χ0v) is 35.4. The summed E-state index contributed by atoms with van der Waals surface area (Å²) >= 11 is 0. The van der Waals surface area contributed by atoms with E-state index in [4.69, 9.17) is 4.18 Å². The van der Waals surface area contributed by atoms with E-state index in [0.717, 1.165) is 0 Å². The molecule has 0 aliphatic carbocycles. The molecule has 0 amide bonds. The summed E-state index contributed by atoms with van der Waals surface area (Å²) in [5.41, 5.74) is 4.64. The Bertz CT molecular complexity index is 2320. The fraction of sp³-hybridized carbons (Fsp3) is 0.261. The van der Waals surface area contributed by atoms with E-state index in [9.17, 15) is 21.4 Å². The van der Waals surface area contributed by atoms with Crippen molar-refractivity contribution in [2.45, 2.75) is 103 Å². The molecule has 55 heavy (non-hydrogen) atoms. The van der Waals surface area contributed by atoms with Gasteiger partial charge in [-0.2, -0.15) is 8.42 Å². The van der Waals surface area contributed by atoms with Crippen molar-refractivity contribution < 1.29 is 25.6 Å². The van der Waals surface area contributed by atoms with Crippen molar-refractivity contribution in [2.75, 3.05) is 0 Å². The van der Waals surface area contributed by atoms with Gasteiger partial charge in [0.25, 0.3) is 0 Å². The maximum Gasteiger partial charge on any atom is 0.339 e. The first kappa shape index (κ1) is 41.7. The first-order chi connectivity index (χ1) is 25.5. The molecule has 0 spiro atoms. The maximum absolute atomic E-state index is 12.2. The lowest BCUT2D eigenvalue weighted by molar-refractivity contribution is 0.463. The molecule has 0 N–H and O–H groups in total. The molecule has 0 aromatic heterocycles. The minimum Gasteiger partial charge on any atom is -0.744 e. The van der Waals surface area contributed by atoms with Gasteiger partial charge in [0.05, 0.1) is 15.8 Å². The summed E-state index contributed by atoms with van der Waals surface area (Å²) in [6.07, 6.45) is 0. The molecule has 9 heteroatoms. The van der Waals surface area contributed by atoms with Gasteiger partial charge in [-0.3, -0.25) is 0 Å². The third-order valence-electron chi connectivity index (χ3n) is 9.18. The molecule has 0 unspecified atom stereocenters. The Hall–Kier alpha value is -4.41. The molecule has 6 nitrogen and oxygen atoms in total. The Morgan fingerprint density at radius 3 is 1.22 bits per heavy atom. The van der Waals surface area contributed by atoms with Crippen LogP contribution in [0.2, 0.25) is 0 Å². The number of fused-ring (bicyclic) bond motifs is 1. The molecule has 0 saturated heterocycles. The topological polar surface area (TPSA) is 101 Å². The van der Waals surface area contributed by atoms with Gasteiger partial charge in [-0.1, -0.05) is 129 Å². The van der Waals surface area contributed by atoms with E-state index in [1.54, 1.807) is 18.2 Å². The highest BCUT2D eigenvalue weighted by Crippen LogP contribution is 2.35. The maximum atomic E-state index is 12.2. The normalized spacial score (nSPS) is 12.6. The molecule has 6 rings (SSSR count). The smallest absolute Gasteiger partial charge is 0.339 e. The van der Waals surface area contributed by atoms with Crippen LogP contribution in [0.25, 0.3) is 10.8 Å². The van der Waals surface area contributed by atoms with Gasteiger partial charge in [-0.15, -0.1) is 0 Å². The summed E-state index contributed by atoms with van der Waals surface area (Å²) in [5, 5.41) is 1.03. The average Bonchev–Trinajstić information content (AvgIpc) is 3.11. The molecule has 6 aromatic carbocycles. The van der Waals surface area contributed by atoms with E-state index in [2.05, 4.69) is 135 Å². The third-order valence-corrected chi connectivity index (χ3v) is 13.5. The molecule has 0 fully saturated rings. The lowest BCUT2D eigenvalue weighted by Crippen LogP contribution is -2.13. The highest BCUT2D eigenvalue weighted by molar-refractivity contribution is 7.97. The second kappa shape index (κ2) is 16.0. The number of hydrogen-bond donors (Lipinski definition) is 0. The molecule has 0 radical (unpaired) electrons. The van der Waals surface area contributed by atoms with E-state index in [0.29, 0.717) is 10.8 Å². The predicted molar refractivity (Wildman–Crippen MR) is 224 cm³/mol. The molecular formula is C46H50O6S3. The van der Waals surface area contributed by atoms with Gasteiger partial charge in [-0.25, -0.2) is 8.42 Å². The molecule has 0 aliphatic rings. The lowest BCUT2D eigenvalue weighted by Gasteiger charge is -2.21. The summed E-state index contributed by atoms with van der Waals surface area (Å²) in [6.45, 7) is 20.5. The van der Waals surface area contributed by atoms with Crippen LogP contribution in [-0.4, -0.2) is 21.4 Å². The molecule has 0 atom stereocenters. The van der Waals surface area contributed by atoms with Gasteiger partial charge >= 0.3 is 10.1 Å². The summed E-state index contributed by atoms with van der Waals surface area (Å²) in [4.78, 5) is 3.80. The number of hydrogen-bond acceptors (Lipinski definition) is 6. The molecule has 288 valence electrons. The fourth-order valence-corrected chi connectivity index (χ4v) is 9.34. The van der Waals surface area contributed by atoms with Crippen molar-refractivity contribution in [1.29, 1.82) is 0 Å².